The molecule has 0 radical (unpaired) electrons. The van der Waals surface area contributed by atoms with E-state index < -0.39 is 6.03 Å². The summed E-state index contributed by atoms with van der Waals surface area (Å²) in [5.41, 5.74) is 35.5. The van der Waals surface area contributed by atoms with Gasteiger partial charge in [0.1, 0.15) is 0 Å². The van der Waals surface area contributed by atoms with Gasteiger partial charge in [-0.1, -0.05) is 18.2 Å². The average Bonchev–Trinajstić information content (AvgIpc) is 2.37. The van der Waals surface area contributed by atoms with Crippen molar-refractivity contribution >= 4 is 78.4 Å². The number of nitrogen functional groups attached to an aromatic ring is 4. The van der Waals surface area contributed by atoms with E-state index in [2.05, 4.69) is 11.5 Å². The third kappa shape index (κ3) is 8.64. The summed E-state index contributed by atoms with van der Waals surface area (Å²) in [6.07, 6.45) is 0. The van der Waals surface area contributed by atoms with Gasteiger partial charge in [-0.25, -0.2) is 4.79 Å². The monoisotopic (exact) mass is 418 g/mol. The molecule has 0 aliphatic heterocycles. The second-order valence-corrected chi connectivity index (χ2v) is 4.05. The van der Waals surface area contributed by atoms with E-state index in [-0.39, 0.29) is 49.6 Å². The van der Waals surface area contributed by atoms with E-state index in [9.17, 15) is 0 Å². The van der Waals surface area contributed by atoms with Gasteiger partial charge < -0.3 is 34.4 Å². The van der Waals surface area contributed by atoms with Crippen molar-refractivity contribution in [1.29, 1.82) is 0 Å². The van der Waals surface area contributed by atoms with Crippen molar-refractivity contribution in [3.05, 3.63) is 36.4 Å². The summed E-state index contributed by atoms with van der Waals surface area (Å²) >= 11 is 0. The molecule has 0 heterocycles. The van der Waals surface area contributed by atoms with Gasteiger partial charge in [-0.2, -0.15) is 0 Å². The van der Waals surface area contributed by atoms with Crippen molar-refractivity contribution < 1.29 is 4.79 Å². The Hall–Kier alpha value is -1.93. The van der Waals surface area contributed by atoms with E-state index in [0.29, 0.717) is 22.7 Å². The Balaban J connectivity index is -0.000000227. The van der Waals surface area contributed by atoms with Gasteiger partial charge in [0.05, 0.1) is 17.1 Å². The fraction of sp³-hybridized carbons (Fsp3) is 0. The van der Waals surface area contributed by atoms with E-state index in [1.165, 1.54) is 0 Å². The predicted molar refractivity (Wildman–Crippen MR) is 112 cm³/mol. The first-order valence-electron chi connectivity index (χ1n) is 5.67. The minimum atomic E-state index is -0.833. The summed E-state index contributed by atoms with van der Waals surface area (Å²) in [6.45, 7) is 0. The lowest BCUT2D eigenvalue weighted by atomic mass is 10.0. The van der Waals surface area contributed by atoms with E-state index in [0.717, 1.165) is 11.1 Å². The molecule has 12 N–H and O–H groups in total. The van der Waals surface area contributed by atoms with Crippen LogP contribution in [0.2, 0.25) is 0 Å². The molecule has 0 bridgehead atoms. The fourth-order valence-corrected chi connectivity index (χ4v) is 1.57. The summed E-state index contributed by atoms with van der Waals surface area (Å²) < 4.78 is 0. The number of hydrogen-bond donors (Lipinski definition) is 6. The minimum absolute atomic E-state index is 0. The van der Waals surface area contributed by atoms with Crippen LogP contribution in [0.15, 0.2) is 36.4 Å². The Labute approximate surface area is 165 Å². The topological polar surface area (TPSA) is 173 Å². The number of primary amides is 2. The van der Waals surface area contributed by atoms with Crippen LogP contribution in [0.25, 0.3) is 11.1 Å². The van der Waals surface area contributed by atoms with Crippen LogP contribution < -0.4 is 34.4 Å². The molecule has 0 unspecified atom stereocenters. The van der Waals surface area contributed by atoms with Crippen molar-refractivity contribution in [2.75, 3.05) is 22.9 Å². The molecular formula is C13H22Cl4N6O. The lowest BCUT2D eigenvalue weighted by molar-refractivity contribution is 0.256. The second-order valence-electron chi connectivity index (χ2n) is 4.05. The lowest BCUT2D eigenvalue weighted by Crippen LogP contribution is -2.18. The third-order valence-corrected chi connectivity index (χ3v) is 2.54. The number of urea groups is 1. The largest absolute Gasteiger partial charge is 0.399 e. The van der Waals surface area contributed by atoms with Crippen molar-refractivity contribution in [3.8, 4) is 11.1 Å². The van der Waals surface area contributed by atoms with Gasteiger partial charge in [-0.05, 0) is 23.8 Å². The highest BCUT2D eigenvalue weighted by Crippen LogP contribution is 2.33. The summed E-state index contributed by atoms with van der Waals surface area (Å²) in [5.74, 6) is 0. The molecule has 0 saturated carbocycles. The molecule has 11 heteroatoms. The normalized spacial score (nSPS) is 7.83. The van der Waals surface area contributed by atoms with E-state index in [1.54, 1.807) is 6.07 Å². The quantitative estimate of drug-likeness (QED) is 0.388. The van der Waals surface area contributed by atoms with Gasteiger partial charge in [-0.15, -0.1) is 49.6 Å². The Kier molecular flexibility index (Phi) is 16.9. The third-order valence-electron chi connectivity index (χ3n) is 2.54. The van der Waals surface area contributed by atoms with Gasteiger partial charge >= 0.3 is 6.03 Å². The highest BCUT2D eigenvalue weighted by atomic mass is 35.5. The Bertz CT molecular complexity index is 621. The van der Waals surface area contributed by atoms with Crippen molar-refractivity contribution in [2.24, 2.45) is 11.5 Å². The van der Waals surface area contributed by atoms with Crippen LogP contribution in [-0.2, 0) is 0 Å². The van der Waals surface area contributed by atoms with Crippen LogP contribution in [0.1, 0.15) is 0 Å². The molecule has 138 valence electrons. The van der Waals surface area contributed by atoms with Gasteiger partial charge in [-0.3, -0.25) is 0 Å². The van der Waals surface area contributed by atoms with Crippen molar-refractivity contribution in [2.45, 2.75) is 0 Å². The minimum Gasteiger partial charge on any atom is -0.399 e. The van der Waals surface area contributed by atoms with Crippen LogP contribution in [0, 0.1) is 0 Å². The van der Waals surface area contributed by atoms with E-state index in [1.807, 2.05) is 30.3 Å². The molecule has 0 aliphatic rings. The summed E-state index contributed by atoms with van der Waals surface area (Å²) in [7, 11) is 0. The Morgan fingerprint density at radius 1 is 0.667 bits per heavy atom. The number of amides is 2. The maximum absolute atomic E-state index is 9.00. The molecule has 0 aliphatic carbocycles. The molecular weight excluding hydrogens is 398 g/mol. The summed E-state index contributed by atoms with van der Waals surface area (Å²) in [6, 6.07) is 10.2. The Morgan fingerprint density at radius 3 is 1.50 bits per heavy atom. The molecule has 24 heavy (non-hydrogen) atoms. The number of halogens is 4. The molecule has 0 aromatic heterocycles. The van der Waals surface area contributed by atoms with Crippen LogP contribution in [0.4, 0.5) is 27.5 Å². The standard InChI is InChI=1S/C12H14N4.CH4N2O.4ClH/c13-8-3-1-7(2-4-8)9-5-6-10(14)12(16)11(9)15;2-1(3)4;;;;/h1-6H,13-16H2;(H4,2,3,4);4*1H. The second kappa shape index (κ2) is 13.5. The zero-order chi connectivity index (χ0) is 15.3. The number of anilines is 4. The van der Waals surface area contributed by atoms with Crippen LogP contribution >= 0.6 is 49.6 Å². The molecule has 0 spiro atoms. The summed E-state index contributed by atoms with van der Waals surface area (Å²) in [4.78, 5) is 9.00. The maximum Gasteiger partial charge on any atom is 0.309 e. The first-order chi connectivity index (χ1) is 9.32. The van der Waals surface area contributed by atoms with Crippen LogP contribution in [0.3, 0.4) is 0 Å². The summed E-state index contributed by atoms with van der Waals surface area (Å²) in [5, 5.41) is 0. The fourth-order valence-electron chi connectivity index (χ4n) is 1.57. The predicted octanol–water partition coefficient (Wildman–Crippen LogP) is 2.39. The van der Waals surface area contributed by atoms with Crippen molar-refractivity contribution in [1.82, 2.24) is 0 Å². The number of hydrogen-bond acceptors (Lipinski definition) is 5. The lowest BCUT2D eigenvalue weighted by Gasteiger charge is -2.10. The van der Waals surface area contributed by atoms with E-state index in [4.69, 9.17) is 27.7 Å². The number of rotatable bonds is 1. The molecule has 2 aromatic carbocycles. The SMILES string of the molecule is Cl.Cl.Cl.Cl.NC(N)=O.Nc1ccc(-c2ccc(N)c(N)c2N)cc1. The zero-order valence-electron chi connectivity index (χ0n) is 12.5. The molecule has 2 rings (SSSR count). The van der Waals surface area contributed by atoms with Gasteiger partial charge in [0.2, 0.25) is 0 Å². The van der Waals surface area contributed by atoms with Crippen molar-refractivity contribution in [3.63, 3.8) is 0 Å². The number of benzene rings is 2. The van der Waals surface area contributed by atoms with E-state index >= 15 is 0 Å². The van der Waals surface area contributed by atoms with Crippen LogP contribution in [0.5, 0.6) is 0 Å². The molecule has 0 fully saturated rings. The number of carbonyl (C=O) groups excluding carboxylic acids is 1. The molecule has 2 aromatic rings. The van der Waals surface area contributed by atoms with Crippen LogP contribution in [-0.4, -0.2) is 6.03 Å². The number of nitrogens with two attached hydrogens (primary N) is 6. The molecule has 0 saturated heterocycles. The zero-order valence-corrected chi connectivity index (χ0v) is 15.7. The Morgan fingerprint density at radius 2 is 1.08 bits per heavy atom. The first kappa shape index (κ1) is 30.0. The molecule has 7 nitrogen and oxygen atoms in total. The smallest absolute Gasteiger partial charge is 0.309 e. The van der Waals surface area contributed by atoms with Gasteiger partial charge in [0.15, 0.2) is 0 Å². The highest BCUT2D eigenvalue weighted by molar-refractivity contribution is 5.90. The number of carbonyl (C=O) groups is 1. The molecule has 0 atom stereocenters. The highest BCUT2D eigenvalue weighted by Gasteiger charge is 2.07. The molecule has 2 amide bonds. The van der Waals surface area contributed by atoms with Gasteiger partial charge in [0.25, 0.3) is 0 Å². The van der Waals surface area contributed by atoms with Gasteiger partial charge in [0, 0.05) is 11.3 Å². The maximum atomic E-state index is 9.00. The first-order valence-corrected chi connectivity index (χ1v) is 5.67. The average molecular weight is 420 g/mol.